The van der Waals surface area contributed by atoms with Crippen LogP contribution in [0.4, 0.5) is 8.78 Å². The number of fused-ring (bicyclic) bond motifs is 1. The lowest BCUT2D eigenvalue weighted by Crippen LogP contribution is -2.20. The van der Waals surface area contributed by atoms with Gasteiger partial charge in [-0.15, -0.1) is 0 Å². The van der Waals surface area contributed by atoms with Gasteiger partial charge >= 0.3 is 0 Å². The number of halogens is 2. The van der Waals surface area contributed by atoms with E-state index in [4.69, 9.17) is 5.26 Å². The highest BCUT2D eigenvalue weighted by Crippen LogP contribution is 2.44. The molecule has 2 aliphatic carbocycles. The molecule has 0 aromatic heterocycles. The summed E-state index contributed by atoms with van der Waals surface area (Å²) in [6.45, 7) is 2.22. The molecule has 1 nitrogen and oxygen atoms in total. The number of unbranched alkanes of at least 4 members (excludes halogenated alkanes) is 1. The molecule has 0 radical (unpaired) electrons. The molecule has 0 spiro atoms. The summed E-state index contributed by atoms with van der Waals surface area (Å²) in [5.74, 6) is 0.230. The molecular formula is C35H39F2N. The smallest absolute Gasteiger partial charge is 0.133 e. The molecule has 1 atom stereocenters. The van der Waals surface area contributed by atoms with Crippen LogP contribution in [-0.2, 0) is 25.7 Å². The molecule has 38 heavy (non-hydrogen) atoms. The first kappa shape index (κ1) is 26.6. The number of rotatable bonds is 8. The maximum Gasteiger partial charge on any atom is 0.133 e. The average Bonchev–Trinajstić information content (AvgIpc) is 2.96. The second-order valence-electron chi connectivity index (χ2n) is 11.6. The van der Waals surface area contributed by atoms with E-state index in [0.29, 0.717) is 23.0 Å². The van der Waals surface area contributed by atoms with Gasteiger partial charge in [0.25, 0.3) is 0 Å². The molecule has 0 saturated heterocycles. The van der Waals surface area contributed by atoms with E-state index < -0.39 is 0 Å². The maximum atomic E-state index is 15.7. The second-order valence-corrected chi connectivity index (χ2v) is 11.6. The third kappa shape index (κ3) is 6.01. The molecule has 0 N–H and O–H groups in total. The average molecular weight is 512 g/mol. The van der Waals surface area contributed by atoms with Crippen LogP contribution >= 0.6 is 0 Å². The Kier molecular flexibility index (Phi) is 8.58. The fraction of sp³-hybridized carbons (Fsp3) is 0.457. The van der Waals surface area contributed by atoms with Crippen molar-refractivity contribution in [2.75, 3.05) is 0 Å². The van der Waals surface area contributed by atoms with Crippen LogP contribution in [-0.4, -0.2) is 0 Å². The van der Waals surface area contributed by atoms with Crippen molar-refractivity contribution < 1.29 is 8.78 Å². The van der Waals surface area contributed by atoms with E-state index in [1.807, 2.05) is 24.3 Å². The van der Waals surface area contributed by atoms with Gasteiger partial charge in [0.15, 0.2) is 0 Å². The van der Waals surface area contributed by atoms with Gasteiger partial charge in [0.05, 0.1) is 11.6 Å². The molecular weight excluding hydrogens is 472 g/mol. The van der Waals surface area contributed by atoms with Crippen molar-refractivity contribution in [2.24, 2.45) is 5.92 Å². The lowest BCUT2D eigenvalue weighted by atomic mass is 9.74. The van der Waals surface area contributed by atoms with E-state index in [1.165, 1.54) is 29.5 Å². The van der Waals surface area contributed by atoms with Gasteiger partial charge in [0, 0.05) is 5.56 Å². The Balaban J connectivity index is 1.19. The normalized spacial score (nSPS) is 21.1. The van der Waals surface area contributed by atoms with Crippen LogP contribution < -0.4 is 0 Å². The Bertz CT molecular complexity index is 1260. The predicted octanol–water partition coefficient (Wildman–Crippen LogP) is 9.36. The van der Waals surface area contributed by atoms with Gasteiger partial charge in [0.2, 0.25) is 0 Å². The molecule has 5 rings (SSSR count). The maximum absolute atomic E-state index is 15.7. The molecule has 0 bridgehead atoms. The standard InChI is InChI=1S/C35H39F2N/c1-2-3-4-24-5-7-25(8-6-24)9-10-26-13-20-32-31(21-26)22-33(36)34(35(32)37)30-18-16-29(17-19-30)28-14-11-27(23-38)12-15-28/h5-8,11-12,14-15,22,26,29-30H,2-4,9-10,13,16-21H2,1H3. The van der Waals surface area contributed by atoms with Crippen LogP contribution in [0.5, 0.6) is 0 Å². The third-order valence-electron chi connectivity index (χ3n) is 9.09. The summed E-state index contributed by atoms with van der Waals surface area (Å²) >= 11 is 0. The molecule has 198 valence electrons. The van der Waals surface area contributed by atoms with Gasteiger partial charge in [-0.3, -0.25) is 0 Å². The fourth-order valence-corrected chi connectivity index (χ4v) is 6.73. The zero-order chi connectivity index (χ0) is 26.5. The summed E-state index contributed by atoms with van der Waals surface area (Å²) in [7, 11) is 0. The van der Waals surface area contributed by atoms with E-state index in [2.05, 4.69) is 37.3 Å². The van der Waals surface area contributed by atoms with Crippen LogP contribution in [0.25, 0.3) is 0 Å². The van der Waals surface area contributed by atoms with Crippen LogP contribution in [0.3, 0.4) is 0 Å². The van der Waals surface area contributed by atoms with Crippen LogP contribution in [0.2, 0.25) is 0 Å². The van der Waals surface area contributed by atoms with Crippen molar-refractivity contribution in [1.82, 2.24) is 0 Å². The Hall–Kier alpha value is -2.99. The number of hydrogen-bond donors (Lipinski definition) is 0. The number of nitrogens with zero attached hydrogens (tertiary/aromatic N) is 1. The summed E-state index contributed by atoms with van der Waals surface area (Å²) in [4.78, 5) is 0. The van der Waals surface area contributed by atoms with Gasteiger partial charge in [-0.1, -0.05) is 49.7 Å². The van der Waals surface area contributed by atoms with Crippen molar-refractivity contribution in [3.63, 3.8) is 0 Å². The molecule has 3 heteroatoms. The van der Waals surface area contributed by atoms with Crippen molar-refractivity contribution in [3.05, 3.63) is 105 Å². The summed E-state index contributed by atoms with van der Waals surface area (Å²) in [6.07, 6.45) is 11.6. The van der Waals surface area contributed by atoms with Crippen molar-refractivity contribution in [1.29, 1.82) is 5.26 Å². The molecule has 0 amide bonds. The highest BCUT2D eigenvalue weighted by Gasteiger charge is 2.31. The summed E-state index contributed by atoms with van der Waals surface area (Å²) in [5.41, 5.74) is 6.66. The van der Waals surface area contributed by atoms with Crippen molar-refractivity contribution >= 4 is 0 Å². The minimum Gasteiger partial charge on any atom is -0.207 e. The van der Waals surface area contributed by atoms with Crippen LogP contribution in [0.15, 0.2) is 54.6 Å². The second kappa shape index (κ2) is 12.2. The molecule has 3 aromatic carbocycles. The van der Waals surface area contributed by atoms with Crippen molar-refractivity contribution in [2.45, 2.75) is 95.8 Å². The number of hydrogen-bond acceptors (Lipinski definition) is 1. The molecule has 0 heterocycles. The first-order chi connectivity index (χ1) is 18.6. The quantitative estimate of drug-likeness (QED) is 0.295. The van der Waals surface area contributed by atoms with E-state index in [0.717, 1.165) is 75.3 Å². The van der Waals surface area contributed by atoms with Crippen molar-refractivity contribution in [3.8, 4) is 6.07 Å². The van der Waals surface area contributed by atoms with Gasteiger partial charge in [-0.25, -0.2) is 8.78 Å². The number of benzene rings is 3. The minimum atomic E-state index is -0.341. The highest BCUT2D eigenvalue weighted by atomic mass is 19.1. The minimum absolute atomic E-state index is 0.0482. The SMILES string of the molecule is CCCCc1ccc(CCC2CCc3c(cc(F)c(C4CCC(c5ccc(C#N)cc5)CC4)c3F)C2)cc1. The molecule has 1 unspecified atom stereocenters. The van der Waals surface area contributed by atoms with Gasteiger partial charge in [-0.2, -0.15) is 5.26 Å². The lowest BCUT2D eigenvalue weighted by Gasteiger charge is -2.31. The monoisotopic (exact) mass is 511 g/mol. The first-order valence-electron chi connectivity index (χ1n) is 14.6. The Morgan fingerprint density at radius 3 is 2.16 bits per heavy atom. The molecule has 3 aromatic rings. The van der Waals surface area contributed by atoms with Crippen LogP contribution in [0, 0.1) is 28.9 Å². The van der Waals surface area contributed by atoms with E-state index in [1.54, 1.807) is 6.07 Å². The Morgan fingerprint density at radius 1 is 0.842 bits per heavy atom. The predicted molar refractivity (Wildman–Crippen MR) is 150 cm³/mol. The zero-order valence-electron chi connectivity index (χ0n) is 22.6. The highest BCUT2D eigenvalue weighted by molar-refractivity contribution is 5.40. The summed E-state index contributed by atoms with van der Waals surface area (Å²) in [6, 6.07) is 20.6. The number of nitriles is 1. The van der Waals surface area contributed by atoms with Crippen LogP contribution in [0.1, 0.15) is 109 Å². The van der Waals surface area contributed by atoms with E-state index >= 15 is 8.78 Å². The van der Waals surface area contributed by atoms with Gasteiger partial charge < -0.3 is 0 Å². The molecule has 2 aliphatic rings. The Morgan fingerprint density at radius 2 is 1.50 bits per heavy atom. The molecule has 1 fully saturated rings. The molecule has 1 saturated carbocycles. The largest absolute Gasteiger partial charge is 0.207 e. The van der Waals surface area contributed by atoms with E-state index in [-0.39, 0.29) is 17.6 Å². The van der Waals surface area contributed by atoms with E-state index in [9.17, 15) is 0 Å². The van der Waals surface area contributed by atoms with Gasteiger partial charge in [0.1, 0.15) is 11.6 Å². The first-order valence-corrected chi connectivity index (χ1v) is 14.6. The zero-order valence-corrected chi connectivity index (χ0v) is 22.6. The number of aryl methyl sites for hydroxylation is 2. The summed E-state index contributed by atoms with van der Waals surface area (Å²) in [5, 5.41) is 9.03. The fourth-order valence-electron chi connectivity index (χ4n) is 6.73. The summed E-state index contributed by atoms with van der Waals surface area (Å²) < 4.78 is 31.1. The third-order valence-corrected chi connectivity index (χ3v) is 9.09. The Labute approximate surface area is 226 Å². The topological polar surface area (TPSA) is 23.8 Å². The van der Waals surface area contributed by atoms with Gasteiger partial charge in [-0.05, 0) is 134 Å². The lowest BCUT2D eigenvalue weighted by molar-refractivity contribution is 0.369. The molecule has 0 aliphatic heterocycles.